The summed E-state index contributed by atoms with van der Waals surface area (Å²) in [5.74, 6) is 0.543. The van der Waals surface area contributed by atoms with E-state index < -0.39 is 0 Å². The molecule has 1 saturated heterocycles. The van der Waals surface area contributed by atoms with Crippen molar-refractivity contribution in [1.29, 1.82) is 0 Å². The third-order valence-electron chi connectivity index (χ3n) is 6.25. The summed E-state index contributed by atoms with van der Waals surface area (Å²) in [6, 6.07) is 13.4. The van der Waals surface area contributed by atoms with Crippen molar-refractivity contribution in [1.82, 2.24) is 5.01 Å². The molecule has 2 bridgehead atoms. The summed E-state index contributed by atoms with van der Waals surface area (Å²) < 4.78 is 12.1. The maximum Gasteiger partial charge on any atom is 0.254 e. The number of rotatable bonds is 6. The maximum atomic E-state index is 12.8. The van der Waals surface area contributed by atoms with Crippen molar-refractivity contribution in [2.24, 2.45) is 28.8 Å². The molecular weight excluding hydrogens is 460 g/mol. The predicted octanol–water partition coefficient (Wildman–Crippen LogP) is 4.18. The number of amides is 2. The van der Waals surface area contributed by atoms with E-state index in [1.165, 1.54) is 6.21 Å². The lowest BCUT2D eigenvalue weighted by Crippen LogP contribution is -2.28. The molecule has 1 aliphatic heterocycles. The summed E-state index contributed by atoms with van der Waals surface area (Å²) >= 11 is 3.53. The van der Waals surface area contributed by atoms with Crippen LogP contribution in [0.4, 0.5) is 0 Å². The molecule has 1 saturated carbocycles. The molecular formula is C24H21BrN2O4. The zero-order valence-corrected chi connectivity index (χ0v) is 18.5. The summed E-state index contributed by atoms with van der Waals surface area (Å²) in [6.45, 7) is 0.402. The normalized spacial score (nSPS) is 26.2. The van der Waals surface area contributed by atoms with Crippen LogP contribution in [-0.2, 0) is 16.2 Å². The number of benzene rings is 2. The van der Waals surface area contributed by atoms with Crippen molar-refractivity contribution >= 4 is 34.0 Å². The van der Waals surface area contributed by atoms with Crippen LogP contribution < -0.4 is 9.47 Å². The van der Waals surface area contributed by atoms with Gasteiger partial charge in [-0.1, -0.05) is 42.5 Å². The van der Waals surface area contributed by atoms with Gasteiger partial charge >= 0.3 is 0 Å². The number of carbonyl (C=O) groups excluding carboxylic acids is 2. The molecule has 4 atom stereocenters. The molecule has 7 heteroatoms. The summed E-state index contributed by atoms with van der Waals surface area (Å²) in [5, 5.41) is 5.28. The summed E-state index contributed by atoms with van der Waals surface area (Å²) in [6.07, 6.45) is 6.56. The van der Waals surface area contributed by atoms with Gasteiger partial charge in [0, 0.05) is 0 Å². The molecule has 31 heavy (non-hydrogen) atoms. The fourth-order valence-corrected chi connectivity index (χ4v) is 5.38. The van der Waals surface area contributed by atoms with Crippen LogP contribution in [0, 0.1) is 23.7 Å². The Bertz CT molecular complexity index is 1070. The van der Waals surface area contributed by atoms with Crippen molar-refractivity contribution in [2.75, 3.05) is 7.11 Å². The number of nitrogens with zero attached hydrogens (tertiary/aromatic N) is 2. The number of carbonyl (C=O) groups is 2. The van der Waals surface area contributed by atoms with Crippen LogP contribution in [0.25, 0.3) is 0 Å². The Kier molecular flexibility index (Phi) is 5.14. The van der Waals surface area contributed by atoms with Gasteiger partial charge in [-0.25, -0.2) is 0 Å². The van der Waals surface area contributed by atoms with Crippen molar-refractivity contribution in [2.45, 2.75) is 13.0 Å². The Hall–Kier alpha value is -2.93. The van der Waals surface area contributed by atoms with Gasteiger partial charge in [-0.05, 0) is 57.4 Å². The topological polar surface area (TPSA) is 68.2 Å². The second-order valence-corrected chi connectivity index (χ2v) is 8.90. The van der Waals surface area contributed by atoms with Gasteiger partial charge in [0.1, 0.15) is 6.61 Å². The molecule has 2 aromatic carbocycles. The average Bonchev–Trinajstić information content (AvgIpc) is 3.46. The van der Waals surface area contributed by atoms with Crippen LogP contribution in [0.1, 0.15) is 17.5 Å². The van der Waals surface area contributed by atoms with Crippen molar-refractivity contribution in [3.63, 3.8) is 0 Å². The van der Waals surface area contributed by atoms with Gasteiger partial charge in [0.2, 0.25) is 0 Å². The highest BCUT2D eigenvalue weighted by Gasteiger charge is 2.59. The minimum atomic E-state index is -0.255. The number of methoxy groups -OCH3 is 1. The van der Waals surface area contributed by atoms with Crippen LogP contribution in [-0.4, -0.2) is 30.1 Å². The highest BCUT2D eigenvalue weighted by molar-refractivity contribution is 9.10. The van der Waals surface area contributed by atoms with Gasteiger partial charge in [0.05, 0.1) is 29.6 Å². The second-order valence-electron chi connectivity index (χ2n) is 8.04. The molecule has 3 aliphatic rings. The molecule has 5 rings (SSSR count). The van der Waals surface area contributed by atoms with Gasteiger partial charge in [0.25, 0.3) is 11.8 Å². The SMILES string of the molecule is COc1cc(/C=N\N2C(=O)[C@H]3[C@H](C2=O)[C@H]2C=C[C@H]3C2)cc(Br)c1OCc1ccccc1. The number of hydrogen-bond donors (Lipinski definition) is 0. The second kappa shape index (κ2) is 7.96. The molecule has 0 radical (unpaired) electrons. The zero-order valence-electron chi connectivity index (χ0n) is 16.9. The lowest BCUT2D eigenvalue weighted by molar-refractivity contribution is -0.140. The Balaban J connectivity index is 1.34. The fraction of sp³-hybridized carbons (Fsp3) is 0.292. The Morgan fingerprint density at radius 3 is 2.42 bits per heavy atom. The number of hydrogen-bond acceptors (Lipinski definition) is 5. The molecule has 2 amide bonds. The molecule has 1 heterocycles. The van der Waals surface area contributed by atoms with E-state index in [0.717, 1.165) is 17.0 Å². The molecule has 0 unspecified atom stereocenters. The van der Waals surface area contributed by atoms with E-state index in [9.17, 15) is 9.59 Å². The average molecular weight is 481 g/mol. The standard InChI is InChI=1S/C24H21BrN2O4/c1-30-19-10-15(9-18(25)22(19)31-13-14-5-3-2-4-6-14)12-26-27-23(28)20-16-7-8-17(11-16)21(20)24(27)29/h2-10,12,16-17,20-21H,11,13H2,1H3/b26-12-/t16-,17-,20+,21+/m0/s1. The Labute approximate surface area is 188 Å². The van der Waals surface area contributed by atoms with Gasteiger partial charge in [-0.15, -0.1) is 0 Å². The van der Waals surface area contributed by atoms with E-state index in [0.29, 0.717) is 28.1 Å². The minimum Gasteiger partial charge on any atom is -0.493 e. The molecule has 2 fully saturated rings. The molecule has 2 aliphatic carbocycles. The van der Waals surface area contributed by atoms with E-state index in [1.54, 1.807) is 13.2 Å². The zero-order chi connectivity index (χ0) is 21.5. The van der Waals surface area contributed by atoms with E-state index in [-0.39, 0.29) is 35.5 Å². The first kappa shape index (κ1) is 20.0. The molecule has 6 nitrogen and oxygen atoms in total. The van der Waals surface area contributed by atoms with Gasteiger partial charge < -0.3 is 9.47 Å². The smallest absolute Gasteiger partial charge is 0.254 e. The third kappa shape index (κ3) is 3.47. The van der Waals surface area contributed by atoms with Crippen LogP contribution in [0.5, 0.6) is 11.5 Å². The van der Waals surface area contributed by atoms with Crippen LogP contribution in [0.15, 0.2) is 64.2 Å². The monoisotopic (exact) mass is 480 g/mol. The van der Waals surface area contributed by atoms with Gasteiger partial charge in [0.15, 0.2) is 11.5 Å². The fourth-order valence-electron chi connectivity index (χ4n) is 4.81. The molecule has 0 spiro atoms. The largest absolute Gasteiger partial charge is 0.493 e. The third-order valence-corrected chi connectivity index (χ3v) is 6.84. The maximum absolute atomic E-state index is 12.8. The molecule has 2 aromatic rings. The number of allylic oxidation sites excluding steroid dienone is 2. The Morgan fingerprint density at radius 1 is 1.10 bits per heavy atom. The van der Waals surface area contributed by atoms with E-state index >= 15 is 0 Å². The number of hydrazone groups is 1. The summed E-state index contributed by atoms with van der Waals surface area (Å²) in [5.41, 5.74) is 1.73. The van der Waals surface area contributed by atoms with Crippen LogP contribution in [0.2, 0.25) is 0 Å². The number of halogens is 1. The lowest BCUT2D eigenvalue weighted by atomic mass is 9.85. The van der Waals surface area contributed by atoms with Crippen molar-refractivity contribution in [3.8, 4) is 11.5 Å². The summed E-state index contributed by atoms with van der Waals surface area (Å²) in [4.78, 5) is 25.6. The summed E-state index contributed by atoms with van der Waals surface area (Å²) in [7, 11) is 1.57. The predicted molar refractivity (Wildman–Crippen MR) is 119 cm³/mol. The minimum absolute atomic E-state index is 0.168. The number of imide groups is 1. The van der Waals surface area contributed by atoms with Crippen LogP contribution in [0.3, 0.4) is 0 Å². The number of fused-ring (bicyclic) bond motifs is 5. The van der Waals surface area contributed by atoms with Crippen LogP contribution >= 0.6 is 15.9 Å². The number of ether oxygens (including phenoxy) is 2. The van der Waals surface area contributed by atoms with Gasteiger partial charge in [-0.3, -0.25) is 9.59 Å². The van der Waals surface area contributed by atoms with Crippen molar-refractivity contribution < 1.29 is 19.1 Å². The Morgan fingerprint density at radius 2 is 1.77 bits per heavy atom. The first-order valence-electron chi connectivity index (χ1n) is 10.2. The highest BCUT2D eigenvalue weighted by atomic mass is 79.9. The molecule has 0 N–H and O–H groups in total. The van der Waals surface area contributed by atoms with Gasteiger partial charge in [-0.2, -0.15) is 10.1 Å². The highest BCUT2D eigenvalue weighted by Crippen LogP contribution is 2.52. The molecule has 158 valence electrons. The lowest BCUT2D eigenvalue weighted by Gasteiger charge is -2.14. The van der Waals surface area contributed by atoms with E-state index in [1.807, 2.05) is 36.4 Å². The van der Waals surface area contributed by atoms with E-state index in [2.05, 4.69) is 33.2 Å². The van der Waals surface area contributed by atoms with E-state index in [4.69, 9.17) is 9.47 Å². The molecule has 0 aromatic heterocycles. The quantitative estimate of drug-likeness (QED) is 0.353. The first-order valence-corrected chi connectivity index (χ1v) is 11.0. The first-order chi connectivity index (χ1) is 15.1. The van der Waals surface area contributed by atoms with Crippen molar-refractivity contribution in [3.05, 3.63) is 70.2 Å².